The van der Waals surface area contributed by atoms with Crippen molar-refractivity contribution in [2.45, 2.75) is 25.2 Å². The monoisotopic (exact) mass is 413 g/mol. The first-order valence-corrected chi connectivity index (χ1v) is 8.32. The van der Waals surface area contributed by atoms with Gasteiger partial charge >= 0.3 is 12.4 Å². The average Bonchev–Trinajstić information content (AvgIpc) is 3.20. The van der Waals surface area contributed by atoms with Gasteiger partial charge in [-0.15, -0.1) is 0 Å². The number of ketones is 1. The van der Waals surface area contributed by atoms with Crippen molar-refractivity contribution in [1.82, 2.24) is 5.16 Å². The van der Waals surface area contributed by atoms with Crippen molar-refractivity contribution in [1.29, 1.82) is 0 Å². The van der Waals surface area contributed by atoms with Gasteiger partial charge in [-0.1, -0.05) is 36.3 Å². The largest absolute Gasteiger partial charge is 0.417 e. The van der Waals surface area contributed by atoms with Gasteiger partial charge in [0.15, 0.2) is 0 Å². The smallest absolute Gasteiger partial charge is 0.353 e. The molecule has 1 heterocycles. The predicted molar refractivity (Wildman–Crippen MR) is 91.1 cm³/mol. The van der Waals surface area contributed by atoms with Crippen molar-refractivity contribution in [3.63, 3.8) is 0 Å². The maximum Gasteiger partial charge on any atom is 0.417 e. The van der Waals surface area contributed by atoms with Crippen molar-refractivity contribution < 1.29 is 35.7 Å². The standard InChI is InChI=1S/C20H13F6NO2/c1-11(18(28)17-8-9-27-29-17)12-2-4-13(5-3-12)15-10-14(19(21,22)23)6-7-16(15)20(24,25)26/h2-11H,1H3/t11-/m0/s1. The number of aromatic nitrogens is 1. The van der Waals surface area contributed by atoms with Gasteiger partial charge in [-0.05, 0) is 34.9 Å². The maximum absolute atomic E-state index is 13.3. The van der Waals surface area contributed by atoms with Gasteiger partial charge in [0.05, 0.1) is 17.3 Å². The second-order valence-electron chi connectivity index (χ2n) is 6.34. The lowest BCUT2D eigenvalue weighted by Gasteiger charge is -2.17. The molecule has 0 amide bonds. The molecule has 29 heavy (non-hydrogen) atoms. The molecule has 0 radical (unpaired) electrons. The second kappa shape index (κ2) is 7.38. The van der Waals surface area contributed by atoms with Crippen molar-refractivity contribution in [2.24, 2.45) is 0 Å². The number of hydrogen-bond acceptors (Lipinski definition) is 3. The minimum absolute atomic E-state index is 0.0267. The fraction of sp³-hybridized carbons (Fsp3) is 0.200. The summed E-state index contributed by atoms with van der Waals surface area (Å²) in [5, 5.41) is 3.44. The third kappa shape index (κ3) is 4.33. The zero-order valence-electron chi connectivity index (χ0n) is 14.8. The zero-order valence-corrected chi connectivity index (χ0v) is 14.8. The molecule has 0 saturated carbocycles. The molecule has 3 rings (SSSR count). The first-order valence-electron chi connectivity index (χ1n) is 8.32. The van der Waals surface area contributed by atoms with Gasteiger partial charge in [0.1, 0.15) is 0 Å². The number of nitrogens with zero attached hydrogens (tertiary/aromatic N) is 1. The number of alkyl halides is 6. The van der Waals surface area contributed by atoms with Crippen molar-refractivity contribution >= 4 is 5.78 Å². The van der Waals surface area contributed by atoms with E-state index in [-0.39, 0.29) is 17.1 Å². The molecule has 0 saturated heterocycles. The van der Waals surface area contributed by atoms with E-state index in [1.54, 1.807) is 6.92 Å². The fourth-order valence-electron chi connectivity index (χ4n) is 2.87. The molecule has 0 aliphatic rings. The Morgan fingerprint density at radius 3 is 2.10 bits per heavy atom. The van der Waals surface area contributed by atoms with E-state index in [0.717, 1.165) is 0 Å². The summed E-state index contributed by atoms with van der Waals surface area (Å²) in [4.78, 5) is 12.3. The van der Waals surface area contributed by atoms with Crippen LogP contribution in [0.4, 0.5) is 26.3 Å². The third-order valence-corrected chi connectivity index (χ3v) is 4.45. The van der Waals surface area contributed by atoms with Crippen LogP contribution in [0, 0.1) is 0 Å². The Kier molecular flexibility index (Phi) is 5.25. The van der Waals surface area contributed by atoms with E-state index in [1.165, 1.54) is 36.5 Å². The van der Waals surface area contributed by atoms with E-state index < -0.39 is 35.0 Å². The molecule has 0 aliphatic carbocycles. The van der Waals surface area contributed by atoms with Crippen LogP contribution in [0.2, 0.25) is 0 Å². The molecule has 0 N–H and O–H groups in total. The fourth-order valence-corrected chi connectivity index (χ4v) is 2.87. The number of hydrogen-bond donors (Lipinski definition) is 0. The molecule has 0 aliphatic heterocycles. The van der Waals surface area contributed by atoms with Crippen LogP contribution in [-0.4, -0.2) is 10.9 Å². The number of benzene rings is 2. The van der Waals surface area contributed by atoms with E-state index in [9.17, 15) is 31.1 Å². The van der Waals surface area contributed by atoms with E-state index in [4.69, 9.17) is 4.52 Å². The summed E-state index contributed by atoms with van der Waals surface area (Å²) < 4.78 is 83.6. The maximum atomic E-state index is 13.3. The lowest BCUT2D eigenvalue weighted by atomic mass is 9.91. The topological polar surface area (TPSA) is 43.1 Å². The van der Waals surface area contributed by atoms with Gasteiger partial charge in [0.25, 0.3) is 0 Å². The van der Waals surface area contributed by atoms with Gasteiger partial charge in [-0.3, -0.25) is 4.79 Å². The van der Waals surface area contributed by atoms with Crippen LogP contribution >= 0.6 is 0 Å². The van der Waals surface area contributed by atoms with Crippen molar-refractivity contribution in [3.05, 3.63) is 77.2 Å². The van der Waals surface area contributed by atoms with Crippen LogP contribution in [0.25, 0.3) is 11.1 Å². The van der Waals surface area contributed by atoms with E-state index in [2.05, 4.69) is 5.16 Å². The average molecular weight is 413 g/mol. The summed E-state index contributed by atoms with van der Waals surface area (Å²) in [6.07, 6.45) is -8.31. The third-order valence-electron chi connectivity index (χ3n) is 4.45. The van der Waals surface area contributed by atoms with Crippen LogP contribution in [0.5, 0.6) is 0 Å². The molecule has 152 valence electrons. The Morgan fingerprint density at radius 2 is 1.59 bits per heavy atom. The lowest BCUT2D eigenvalue weighted by molar-refractivity contribution is -0.141. The molecule has 2 aromatic carbocycles. The highest BCUT2D eigenvalue weighted by Crippen LogP contribution is 2.41. The lowest BCUT2D eigenvalue weighted by Crippen LogP contribution is -2.11. The molecule has 3 nitrogen and oxygen atoms in total. The van der Waals surface area contributed by atoms with Crippen LogP contribution < -0.4 is 0 Å². The van der Waals surface area contributed by atoms with Crippen LogP contribution in [0.15, 0.2) is 59.3 Å². The summed E-state index contributed by atoms with van der Waals surface area (Å²) in [5.74, 6) is -1.04. The Hall–Kier alpha value is -3.10. The molecule has 3 aromatic rings. The van der Waals surface area contributed by atoms with Crippen LogP contribution in [0.1, 0.15) is 40.1 Å². The highest BCUT2D eigenvalue weighted by atomic mass is 19.4. The number of rotatable bonds is 4. The number of carbonyl (C=O) groups is 1. The van der Waals surface area contributed by atoms with Crippen molar-refractivity contribution in [3.8, 4) is 11.1 Å². The predicted octanol–water partition coefficient (Wildman–Crippen LogP) is 6.37. The summed E-state index contributed by atoms with van der Waals surface area (Å²) in [5.41, 5.74) is -2.53. The van der Waals surface area contributed by atoms with Gasteiger partial charge < -0.3 is 4.52 Å². The Morgan fingerprint density at radius 1 is 0.931 bits per heavy atom. The normalized spacial score (nSPS) is 13.3. The zero-order chi connectivity index (χ0) is 21.4. The molecule has 9 heteroatoms. The number of carbonyl (C=O) groups excluding carboxylic acids is 1. The summed E-state index contributed by atoms with van der Waals surface area (Å²) in [7, 11) is 0. The van der Waals surface area contributed by atoms with E-state index >= 15 is 0 Å². The molecule has 1 atom stereocenters. The molecule has 0 spiro atoms. The number of Topliss-reactive ketones (excluding diaryl/α,β-unsaturated/α-hetero) is 1. The minimum atomic E-state index is -4.83. The Bertz CT molecular complexity index is 1000. The molecule has 0 fully saturated rings. The summed E-state index contributed by atoms with van der Waals surface area (Å²) in [6.45, 7) is 1.57. The molecule has 0 bridgehead atoms. The Labute approximate surface area is 160 Å². The number of halogens is 6. The molecule has 0 unspecified atom stereocenters. The molecular weight excluding hydrogens is 400 g/mol. The first kappa shape index (κ1) is 20.6. The van der Waals surface area contributed by atoms with Crippen LogP contribution in [0.3, 0.4) is 0 Å². The summed E-state index contributed by atoms with van der Waals surface area (Å²) in [6, 6.07) is 7.98. The van der Waals surface area contributed by atoms with Gasteiger partial charge in [-0.2, -0.15) is 26.3 Å². The van der Waals surface area contributed by atoms with Crippen molar-refractivity contribution in [2.75, 3.05) is 0 Å². The van der Waals surface area contributed by atoms with Gasteiger partial charge in [0.2, 0.25) is 11.5 Å². The van der Waals surface area contributed by atoms with E-state index in [1.807, 2.05) is 0 Å². The molecule has 1 aromatic heterocycles. The minimum Gasteiger partial charge on any atom is -0.353 e. The molecular formula is C20H13F6NO2. The second-order valence-corrected chi connectivity index (χ2v) is 6.34. The quantitative estimate of drug-likeness (QED) is 0.369. The highest BCUT2D eigenvalue weighted by molar-refractivity contribution is 5.98. The summed E-state index contributed by atoms with van der Waals surface area (Å²) >= 11 is 0. The van der Waals surface area contributed by atoms with Gasteiger partial charge in [0, 0.05) is 12.0 Å². The van der Waals surface area contributed by atoms with Gasteiger partial charge in [-0.25, -0.2) is 0 Å². The van der Waals surface area contributed by atoms with E-state index in [0.29, 0.717) is 23.8 Å². The van der Waals surface area contributed by atoms with Crippen LogP contribution in [-0.2, 0) is 12.4 Å². The first-order chi connectivity index (χ1) is 13.5. The SMILES string of the molecule is C[C@H](C(=O)c1ccno1)c1ccc(-c2cc(C(F)(F)F)ccc2C(F)(F)F)cc1. The highest BCUT2D eigenvalue weighted by Gasteiger charge is 2.37. The Balaban J connectivity index is 1.99.